The van der Waals surface area contributed by atoms with E-state index in [4.69, 9.17) is 14.2 Å². The minimum atomic E-state index is -0.537. The van der Waals surface area contributed by atoms with Crippen LogP contribution in [-0.4, -0.2) is 48.3 Å². The fourth-order valence-electron chi connectivity index (χ4n) is 4.98. The van der Waals surface area contributed by atoms with Crippen molar-refractivity contribution in [1.29, 1.82) is 0 Å². The quantitative estimate of drug-likeness (QED) is 0.541. The molecule has 1 spiro atoms. The number of hydrogen-bond acceptors (Lipinski definition) is 4. The van der Waals surface area contributed by atoms with E-state index in [1.807, 2.05) is 20.8 Å². The van der Waals surface area contributed by atoms with Gasteiger partial charge in [-0.3, -0.25) is 4.79 Å². The van der Waals surface area contributed by atoms with Gasteiger partial charge in [-0.25, -0.2) is 8.78 Å². The van der Waals surface area contributed by atoms with Crippen LogP contribution in [0.15, 0.2) is 42.5 Å². The number of halogens is 2. The third-order valence-corrected chi connectivity index (χ3v) is 6.62. The average molecular weight is 474 g/mol. The van der Waals surface area contributed by atoms with Crippen molar-refractivity contribution in [2.24, 2.45) is 0 Å². The van der Waals surface area contributed by atoms with Gasteiger partial charge < -0.3 is 19.1 Å². The molecule has 0 N–H and O–H groups in total. The highest BCUT2D eigenvalue weighted by molar-refractivity contribution is 5.94. The number of nitrogens with zero attached hydrogens (tertiary/aromatic N) is 1. The normalized spacial score (nSPS) is 22.2. The maximum absolute atomic E-state index is 14.4. The lowest BCUT2D eigenvalue weighted by Gasteiger charge is -2.48. The van der Waals surface area contributed by atoms with Crippen LogP contribution >= 0.6 is 0 Å². The van der Waals surface area contributed by atoms with Gasteiger partial charge in [-0.2, -0.15) is 0 Å². The lowest BCUT2D eigenvalue weighted by atomic mass is 9.80. The number of rotatable bonds is 6. The summed E-state index contributed by atoms with van der Waals surface area (Å²) in [6.07, 6.45) is 2.51. The number of carbonyl (C=O) groups is 1. The first kappa shape index (κ1) is 24.6. The smallest absolute Gasteiger partial charge is 0.253 e. The molecule has 2 aromatic carbocycles. The van der Waals surface area contributed by atoms with E-state index < -0.39 is 11.4 Å². The van der Waals surface area contributed by atoms with Crippen molar-refractivity contribution in [3.63, 3.8) is 0 Å². The van der Waals surface area contributed by atoms with Gasteiger partial charge in [0.15, 0.2) is 11.6 Å². The fourth-order valence-corrected chi connectivity index (χ4v) is 4.98. The molecule has 2 aromatic rings. The summed E-state index contributed by atoms with van der Waals surface area (Å²) < 4.78 is 45.9. The van der Waals surface area contributed by atoms with Gasteiger partial charge in [0.25, 0.3) is 5.91 Å². The van der Waals surface area contributed by atoms with Crippen LogP contribution in [0.4, 0.5) is 8.78 Å². The standard InChI is InChI=1S/C27H33F2NO4/c1-4-32-22-16-25(19-5-8-21(28)9-6-19)34-27(17-22)11-13-30(14-12-27)26(31)20-7-10-24(23(29)15-20)33-18(2)3/h5-10,15,18,22,25H,4,11-14,16-17H2,1-3H3. The van der Waals surface area contributed by atoms with Crippen LogP contribution in [0, 0.1) is 11.6 Å². The predicted molar refractivity (Wildman–Crippen MR) is 125 cm³/mol. The van der Waals surface area contributed by atoms with Crippen molar-refractivity contribution in [3.8, 4) is 5.75 Å². The van der Waals surface area contributed by atoms with Gasteiger partial charge in [-0.05, 0) is 69.5 Å². The van der Waals surface area contributed by atoms with E-state index in [1.165, 1.54) is 24.3 Å². The second-order valence-corrected chi connectivity index (χ2v) is 9.46. The Morgan fingerprint density at radius 1 is 1.15 bits per heavy atom. The number of benzene rings is 2. The maximum atomic E-state index is 14.4. The van der Waals surface area contributed by atoms with Crippen molar-refractivity contribution >= 4 is 5.91 Å². The van der Waals surface area contributed by atoms with Crippen molar-refractivity contribution < 1.29 is 27.8 Å². The molecule has 2 aliphatic rings. The molecule has 0 aromatic heterocycles. The first-order valence-electron chi connectivity index (χ1n) is 12.1. The van der Waals surface area contributed by atoms with Crippen LogP contribution in [0.3, 0.4) is 0 Å². The van der Waals surface area contributed by atoms with Crippen molar-refractivity contribution in [3.05, 3.63) is 65.2 Å². The molecule has 2 heterocycles. The average Bonchev–Trinajstić information content (AvgIpc) is 2.81. The molecular weight excluding hydrogens is 440 g/mol. The Hall–Kier alpha value is -2.51. The maximum Gasteiger partial charge on any atom is 0.253 e. The number of ether oxygens (including phenoxy) is 3. The molecule has 34 heavy (non-hydrogen) atoms. The molecule has 2 fully saturated rings. The summed E-state index contributed by atoms with van der Waals surface area (Å²) in [5.41, 5.74) is 0.835. The summed E-state index contributed by atoms with van der Waals surface area (Å²) in [7, 11) is 0. The van der Waals surface area contributed by atoms with Gasteiger partial charge in [-0.1, -0.05) is 12.1 Å². The number of amides is 1. The summed E-state index contributed by atoms with van der Waals surface area (Å²) in [6.45, 7) is 7.27. The first-order chi connectivity index (χ1) is 16.3. The Bertz CT molecular complexity index is 987. The van der Waals surface area contributed by atoms with Gasteiger partial charge >= 0.3 is 0 Å². The Labute approximate surface area is 200 Å². The second-order valence-electron chi connectivity index (χ2n) is 9.46. The van der Waals surface area contributed by atoms with Crippen LogP contribution < -0.4 is 4.74 Å². The Kier molecular flexibility index (Phi) is 7.53. The van der Waals surface area contributed by atoms with Crippen molar-refractivity contribution in [1.82, 2.24) is 4.90 Å². The molecule has 0 radical (unpaired) electrons. The minimum Gasteiger partial charge on any atom is -0.488 e. The number of hydrogen-bond donors (Lipinski definition) is 0. The van der Waals surface area contributed by atoms with E-state index in [9.17, 15) is 13.6 Å². The molecule has 0 saturated carbocycles. The Morgan fingerprint density at radius 2 is 1.85 bits per heavy atom. The van der Waals surface area contributed by atoms with Crippen LogP contribution in [0.5, 0.6) is 5.75 Å². The molecule has 2 atom stereocenters. The summed E-state index contributed by atoms with van der Waals surface area (Å²) in [5, 5.41) is 0. The van der Waals surface area contributed by atoms with E-state index in [0.717, 1.165) is 12.0 Å². The topological polar surface area (TPSA) is 48.0 Å². The summed E-state index contributed by atoms with van der Waals surface area (Å²) in [4.78, 5) is 14.8. The largest absolute Gasteiger partial charge is 0.488 e. The zero-order valence-corrected chi connectivity index (χ0v) is 20.1. The number of piperidine rings is 1. The fraction of sp³-hybridized carbons (Fsp3) is 0.519. The zero-order chi connectivity index (χ0) is 24.3. The van der Waals surface area contributed by atoms with Gasteiger partial charge in [-0.15, -0.1) is 0 Å². The Balaban J connectivity index is 1.44. The van der Waals surface area contributed by atoms with Crippen molar-refractivity contribution in [2.75, 3.05) is 19.7 Å². The van der Waals surface area contributed by atoms with E-state index in [-0.39, 0.29) is 35.8 Å². The van der Waals surface area contributed by atoms with Crippen molar-refractivity contribution in [2.45, 2.75) is 70.4 Å². The monoisotopic (exact) mass is 473 g/mol. The molecule has 184 valence electrons. The van der Waals surface area contributed by atoms with E-state index >= 15 is 0 Å². The van der Waals surface area contributed by atoms with Crippen LogP contribution in [0.25, 0.3) is 0 Å². The number of likely N-dealkylation sites (tertiary alicyclic amines) is 1. The molecule has 2 unspecified atom stereocenters. The Morgan fingerprint density at radius 3 is 2.47 bits per heavy atom. The molecule has 0 bridgehead atoms. The third-order valence-electron chi connectivity index (χ3n) is 6.62. The van der Waals surface area contributed by atoms with Gasteiger partial charge in [0.2, 0.25) is 0 Å². The van der Waals surface area contributed by atoms with Crippen LogP contribution in [-0.2, 0) is 9.47 Å². The van der Waals surface area contributed by atoms with Gasteiger partial charge in [0, 0.05) is 38.1 Å². The molecule has 2 aliphatic heterocycles. The lowest BCUT2D eigenvalue weighted by Crippen LogP contribution is -2.52. The highest BCUT2D eigenvalue weighted by atomic mass is 19.1. The molecule has 4 rings (SSSR count). The van der Waals surface area contributed by atoms with Crippen LogP contribution in [0.1, 0.15) is 68.5 Å². The lowest BCUT2D eigenvalue weighted by molar-refractivity contribution is -0.190. The summed E-state index contributed by atoms with van der Waals surface area (Å²) in [6, 6.07) is 10.8. The first-order valence-corrected chi connectivity index (χ1v) is 12.1. The van der Waals surface area contributed by atoms with E-state index in [2.05, 4.69) is 0 Å². The molecule has 2 saturated heterocycles. The number of carbonyl (C=O) groups excluding carboxylic acids is 1. The second kappa shape index (κ2) is 10.4. The molecule has 7 heteroatoms. The van der Waals surface area contributed by atoms with Crippen LogP contribution in [0.2, 0.25) is 0 Å². The molecular formula is C27H33F2NO4. The molecule has 1 amide bonds. The summed E-state index contributed by atoms with van der Waals surface area (Å²) in [5.74, 6) is -0.862. The summed E-state index contributed by atoms with van der Waals surface area (Å²) >= 11 is 0. The molecule has 0 aliphatic carbocycles. The SMILES string of the molecule is CCOC1CC(c2ccc(F)cc2)OC2(CCN(C(=O)c3ccc(OC(C)C)c(F)c3)CC2)C1. The molecule has 5 nitrogen and oxygen atoms in total. The van der Waals surface area contributed by atoms with Gasteiger partial charge in [0.1, 0.15) is 5.82 Å². The van der Waals surface area contributed by atoms with E-state index in [0.29, 0.717) is 44.5 Å². The highest BCUT2D eigenvalue weighted by Crippen LogP contribution is 2.44. The zero-order valence-electron chi connectivity index (χ0n) is 20.1. The van der Waals surface area contributed by atoms with E-state index in [1.54, 1.807) is 23.1 Å². The van der Waals surface area contributed by atoms with Gasteiger partial charge in [0.05, 0.1) is 23.9 Å². The third kappa shape index (κ3) is 5.58. The minimum absolute atomic E-state index is 0.0404. The predicted octanol–water partition coefficient (Wildman–Crippen LogP) is 5.68. The highest BCUT2D eigenvalue weighted by Gasteiger charge is 2.45.